The molecule has 2 aromatic heterocycles. The number of furan rings is 1. The summed E-state index contributed by atoms with van der Waals surface area (Å²) in [5.41, 5.74) is 3.79. The van der Waals surface area contributed by atoms with Gasteiger partial charge in [-0.25, -0.2) is 0 Å². The number of ether oxygens (including phenoxy) is 1. The van der Waals surface area contributed by atoms with Crippen LogP contribution in [0.15, 0.2) is 53.1 Å². The van der Waals surface area contributed by atoms with Crippen LogP contribution in [0.1, 0.15) is 40.0 Å². The maximum absolute atomic E-state index is 13.0. The van der Waals surface area contributed by atoms with Gasteiger partial charge in [0.1, 0.15) is 11.5 Å². The molecule has 0 unspecified atom stereocenters. The zero-order valence-corrected chi connectivity index (χ0v) is 16.4. The number of carbonyl (C=O) groups excluding carboxylic acids is 1. The molecule has 142 valence electrons. The predicted molar refractivity (Wildman–Crippen MR) is 105 cm³/mol. The van der Waals surface area contributed by atoms with Crippen LogP contribution in [-0.2, 0) is 13.1 Å². The van der Waals surface area contributed by atoms with Crippen molar-refractivity contribution in [2.75, 3.05) is 13.7 Å². The van der Waals surface area contributed by atoms with Crippen molar-refractivity contribution in [3.05, 3.63) is 77.0 Å². The fourth-order valence-electron chi connectivity index (χ4n) is 3.23. The monoisotopic (exact) mass is 366 g/mol. The first kappa shape index (κ1) is 18.8. The number of benzene rings is 1. The average Bonchev–Trinajstić information content (AvgIpc) is 3.27. The SMILES string of the molecule is CCOc1ccc(CN(C)C(=O)c2cc(C)n(Cc3ccco3)c2C)cc1. The summed E-state index contributed by atoms with van der Waals surface area (Å²) in [5, 5.41) is 0. The number of aryl methyl sites for hydroxylation is 1. The molecule has 0 fully saturated rings. The number of aromatic nitrogens is 1. The van der Waals surface area contributed by atoms with Crippen LogP contribution < -0.4 is 4.74 Å². The van der Waals surface area contributed by atoms with E-state index in [0.29, 0.717) is 19.7 Å². The van der Waals surface area contributed by atoms with Crippen LogP contribution in [0.5, 0.6) is 5.75 Å². The van der Waals surface area contributed by atoms with E-state index in [1.807, 2.05) is 70.3 Å². The molecular formula is C22H26N2O3. The quantitative estimate of drug-likeness (QED) is 0.622. The van der Waals surface area contributed by atoms with Crippen molar-refractivity contribution in [3.8, 4) is 5.75 Å². The molecule has 0 aliphatic heterocycles. The van der Waals surface area contributed by atoms with Crippen molar-refractivity contribution in [1.82, 2.24) is 9.47 Å². The molecular weight excluding hydrogens is 340 g/mol. The Morgan fingerprint density at radius 1 is 1.19 bits per heavy atom. The molecule has 27 heavy (non-hydrogen) atoms. The van der Waals surface area contributed by atoms with E-state index in [2.05, 4.69) is 4.57 Å². The fourth-order valence-corrected chi connectivity index (χ4v) is 3.23. The Morgan fingerprint density at radius 3 is 2.56 bits per heavy atom. The van der Waals surface area contributed by atoms with Gasteiger partial charge in [0.05, 0.1) is 25.0 Å². The van der Waals surface area contributed by atoms with E-state index in [0.717, 1.165) is 34.0 Å². The van der Waals surface area contributed by atoms with Crippen LogP contribution in [0.4, 0.5) is 0 Å². The standard InChI is InChI=1S/C22H26N2O3/c1-5-26-19-10-8-18(9-11-19)14-23(4)22(25)21-13-16(2)24(17(21)3)15-20-7-6-12-27-20/h6-13H,5,14-15H2,1-4H3. The topological polar surface area (TPSA) is 47.6 Å². The van der Waals surface area contributed by atoms with E-state index in [-0.39, 0.29) is 5.91 Å². The van der Waals surface area contributed by atoms with Crippen LogP contribution in [-0.4, -0.2) is 29.0 Å². The lowest BCUT2D eigenvalue weighted by molar-refractivity contribution is 0.0784. The summed E-state index contributed by atoms with van der Waals surface area (Å²) in [6, 6.07) is 13.6. The number of rotatable bonds is 7. The molecule has 0 spiro atoms. The Morgan fingerprint density at radius 2 is 1.93 bits per heavy atom. The minimum atomic E-state index is 0.0164. The van der Waals surface area contributed by atoms with Gasteiger partial charge in [-0.05, 0) is 56.7 Å². The second-order valence-corrected chi connectivity index (χ2v) is 6.69. The first-order valence-corrected chi connectivity index (χ1v) is 9.16. The van der Waals surface area contributed by atoms with Crippen molar-refractivity contribution in [3.63, 3.8) is 0 Å². The van der Waals surface area contributed by atoms with Gasteiger partial charge in [0, 0.05) is 25.0 Å². The van der Waals surface area contributed by atoms with Crippen molar-refractivity contribution in [2.45, 2.75) is 33.9 Å². The minimum Gasteiger partial charge on any atom is -0.494 e. The van der Waals surface area contributed by atoms with Gasteiger partial charge >= 0.3 is 0 Å². The summed E-state index contributed by atoms with van der Waals surface area (Å²) in [5.74, 6) is 1.73. The third kappa shape index (κ3) is 4.25. The molecule has 5 nitrogen and oxygen atoms in total. The lowest BCUT2D eigenvalue weighted by Gasteiger charge is -2.18. The lowest BCUT2D eigenvalue weighted by Crippen LogP contribution is -2.26. The highest BCUT2D eigenvalue weighted by Gasteiger charge is 2.19. The zero-order valence-electron chi connectivity index (χ0n) is 16.4. The van der Waals surface area contributed by atoms with Gasteiger partial charge in [0.2, 0.25) is 0 Å². The van der Waals surface area contributed by atoms with Crippen molar-refractivity contribution in [1.29, 1.82) is 0 Å². The van der Waals surface area contributed by atoms with Crippen LogP contribution in [0.25, 0.3) is 0 Å². The van der Waals surface area contributed by atoms with Crippen molar-refractivity contribution < 1.29 is 13.9 Å². The van der Waals surface area contributed by atoms with Crippen LogP contribution >= 0.6 is 0 Å². The van der Waals surface area contributed by atoms with Gasteiger partial charge < -0.3 is 18.6 Å². The molecule has 0 N–H and O–H groups in total. The Hall–Kier alpha value is -2.95. The van der Waals surface area contributed by atoms with Gasteiger partial charge in [-0.15, -0.1) is 0 Å². The van der Waals surface area contributed by atoms with Crippen LogP contribution in [0.2, 0.25) is 0 Å². The van der Waals surface area contributed by atoms with E-state index < -0.39 is 0 Å². The van der Waals surface area contributed by atoms with Gasteiger partial charge in [-0.1, -0.05) is 12.1 Å². The summed E-state index contributed by atoms with van der Waals surface area (Å²) in [7, 11) is 1.83. The summed E-state index contributed by atoms with van der Waals surface area (Å²) < 4.78 is 13.0. The first-order valence-electron chi connectivity index (χ1n) is 9.16. The zero-order chi connectivity index (χ0) is 19.4. The summed E-state index contributed by atoms with van der Waals surface area (Å²) >= 11 is 0. The fraction of sp³-hybridized carbons (Fsp3) is 0.318. The number of amides is 1. The van der Waals surface area contributed by atoms with E-state index in [9.17, 15) is 4.79 Å². The second kappa shape index (κ2) is 8.16. The third-order valence-corrected chi connectivity index (χ3v) is 4.70. The third-order valence-electron chi connectivity index (χ3n) is 4.70. The molecule has 0 saturated carbocycles. The van der Waals surface area contributed by atoms with Crippen molar-refractivity contribution in [2.24, 2.45) is 0 Å². The number of hydrogen-bond donors (Lipinski definition) is 0. The summed E-state index contributed by atoms with van der Waals surface area (Å²) in [6.07, 6.45) is 1.67. The van der Waals surface area contributed by atoms with Gasteiger partial charge in [0.25, 0.3) is 5.91 Å². The van der Waals surface area contributed by atoms with Gasteiger partial charge in [-0.3, -0.25) is 4.79 Å². The molecule has 1 amide bonds. The minimum absolute atomic E-state index is 0.0164. The van der Waals surface area contributed by atoms with Gasteiger partial charge in [-0.2, -0.15) is 0 Å². The molecule has 0 aliphatic carbocycles. The molecule has 5 heteroatoms. The Kier molecular flexibility index (Phi) is 5.69. The molecule has 0 aliphatic rings. The van der Waals surface area contributed by atoms with Crippen LogP contribution in [0, 0.1) is 13.8 Å². The highest BCUT2D eigenvalue weighted by molar-refractivity contribution is 5.95. The maximum Gasteiger partial charge on any atom is 0.255 e. The largest absolute Gasteiger partial charge is 0.494 e. The Balaban J connectivity index is 1.73. The van der Waals surface area contributed by atoms with E-state index in [4.69, 9.17) is 9.15 Å². The molecule has 0 atom stereocenters. The number of hydrogen-bond acceptors (Lipinski definition) is 3. The Bertz CT molecular complexity index is 893. The number of nitrogens with zero attached hydrogens (tertiary/aromatic N) is 2. The van der Waals surface area contributed by atoms with E-state index >= 15 is 0 Å². The van der Waals surface area contributed by atoms with Crippen molar-refractivity contribution >= 4 is 5.91 Å². The summed E-state index contributed by atoms with van der Waals surface area (Å²) in [4.78, 5) is 14.7. The molecule has 1 aromatic carbocycles. The molecule has 0 bridgehead atoms. The van der Waals surface area contributed by atoms with E-state index in [1.54, 1.807) is 11.2 Å². The molecule has 3 rings (SSSR count). The molecule has 2 heterocycles. The van der Waals surface area contributed by atoms with Gasteiger partial charge in [0.15, 0.2) is 0 Å². The smallest absolute Gasteiger partial charge is 0.255 e. The Labute approximate surface area is 160 Å². The van der Waals surface area contributed by atoms with E-state index in [1.165, 1.54) is 0 Å². The lowest BCUT2D eigenvalue weighted by atomic mass is 10.1. The second-order valence-electron chi connectivity index (χ2n) is 6.69. The normalized spacial score (nSPS) is 10.8. The average molecular weight is 366 g/mol. The highest BCUT2D eigenvalue weighted by Crippen LogP contribution is 2.20. The maximum atomic E-state index is 13.0. The highest BCUT2D eigenvalue weighted by atomic mass is 16.5. The molecule has 0 saturated heterocycles. The summed E-state index contributed by atoms with van der Waals surface area (Å²) in [6.45, 7) is 7.77. The molecule has 0 radical (unpaired) electrons. The first-order chi connectivity index (χ1) is 13.0. The predicted octanol–water partition coefficient (Wildman–Crippen LogP) is 4.42. The molecule has 3 aromatic rings. The number of carbonyl (C=O) groups is 1. The van der Waals surface area contributed by atoms with Crippen LogP contribution in [0.3, 0.4) is 0 Å².